The lowest BCUT2D eigenvalue weighted by Gasteiger charge is -2.20. The number of carbonyl (C=O) groups is 1. The van der Waals surface area contributed by atoms with Gasteiger partial charge in [0.2, 0.25) is 5.88 Å². The first-order chi connectivity index (χ1) is 8.81. The van der Waals surface area contributed by atoms with E-state index in [9.17, 15) is 9.90 Å². The number of aromatic nitrogens is 1. The average molecular weight is 258 g/mol. The number of nitrogens with zero attached hydrogens (tertiary/aromatic N) is 2. The molecule has 19 heavy (non-hydrogen) atoms. The van der Waals surface area contributed by atoms with Crippen LogP contribution < -0.4 is 0 Å². The highest BCUT2D eigenvalue weighted by molar-refractivity contribution is 5.92. The first kappa shape index (κ1) is 13.0. The minimum absolute atomic E-state index is 0.209. The lowest BCUT2D eigenvalue weighted by molar-refractivity contribution is 0.0533. The van der Waals surface area contributed by atoms with Crippen molar-refractivity contribution in [2.75, 3.05) is 0 Å². The van der Waals surface area contributed by atoms with Gasteiger partial charge < -0.3 is 9.84 Å². The molecule has 0 spiro atoms. The van der Waals surface area contributed by atoms with E-state index in [0.29, 0.717) is 16.5 Å². The number of fused-ring (bicyclic) bond motifs is 1. The lowest BCUT2D eigenvalue weighted by atomic mass is 10.2. The number of carbonyl (C=O) groups excluding carboxylic acids is 1. The summed E-state index contributed by atoms with van der Waals surface area (Å²) in [4.78, 5) is 12.0. The number of rotatable bonds is 0. The molecule has 0 aliphatic heterocycles. The fourth-order valence-corrected chi connectivity index (χ4v) is 1.77. The van der Waals surface area contributed by atoms with Crippen LogP contribution in [0.1, 0.15) is 26.3 Å². The number of hydrogen-bond donors (Lipinski definition) is 1. The van der Waals surface area contributed by atoms with Crippen molar-refractivity contribution < 1.29 is 14.6 Å². The third-order valence-electron chi connectivity index (χ3n) is 2.49. The molecule has 2 aromatic rings. The van der Waals surface area contributed by atoms with Gasteiger partial charge in [0, 0.05) is 11.5 Å². The first-order valence-corrected chi connectivity index (χ1v) is 5.80. The van der Waals surface area contributed by atoms with Crippen LogP contribution in [-0.4, -0.2) is 21.4 Å². The minimum Gasteiger partial charge on any atom is -0.494 e. The topological polar surface area (TPSA) is 75.2 Å². The highest BCUT2D eigenvalue weighted by Gasteiger charge is 2.21. The lowest BCUT2D eigenvalue weighted by Crippen LogP contribution is -2.26. The molecule has 0 fully saturated rings. The molecular weight excluding hydrogens is 244 g/mol. The van der Waals surface area contributed by atoms with Gasteiger partial charge in [-0.3, -0.25) is 0 Å². The summed E-state index contributed by atoms with van der Waals surface area (Å²) < 4.78 is 6.31. The molecule has 0 aliphatic rings. The minimum atomic E-state index is -0.648. The van der Waals surface area contributed by atoms with Gasteiger partial charge >= 0.3 is 6.09 Å². The van der Waals surface area contributed by atoms with Crippen LogP contribution in [-0.2, 0) is 4.74 Å². The SMILES string of the molecule is CC(C)(C)OC(=O)n1c(O)cc2cc(C#N)ccc21. The summed E-state index contributed by atoms with van der Waals surface area (Å²) in [5.74, 6) is -0.209. The molecule has 1 N–H and O–H groups in total. The molecule has 0 unspecified atom stereocenters. The normalized spacial score (nSPS) is 11.3. The van der Waals surface area contributed by atoms with Gasteiger partial charge in [0.15, 0.2) is 0 Å². The highest BCUT2D eigenvalue weighted by Crippen LogP contribution is 2.26. The van der Waals surface area contributed by atoms with Gasteiger partial charge in [0.1, 0.15) is 5.60 Å². The second kappa shape index (κ2) is 4.32. The van der Waals surface area contributed by atoms with Crippen molar-refractivity contribution in [3.05, 3.63) is 29.8 Å². The Balaban J connectivity index is 2.52. The summed E-state index contributed by atoms with van der Waals surface area (Å²) in [7, 11) is 0. The maximum atomic E-state index is 12.0. The van der Waals surface area contributed by atoms with Crippen LogP contribution in [0.2, 0.25) is 0 Å². The van der Waals surface area contributed by atoms with Crippen molar-refractivity contribution in [2.24, 2.45) is 0 Å². The van der Waals surface area contributed by atoms with Gasteiger partial charge in [0.25, 0.3) is 0 Å². The number of nitriles is 1. The van der Waals surface area contributed by atoms with Crippen LogP contribution in [0.4, 0.5) is 4.79 Å². The van der Waals surface area contributed by atoms with Crippen molar-refractivity contribution in [3.63, 3.8) is 0 Å². The van der Waals surface area contributed by atoms with E-state index in [1.165, 1.54) is 6.07 Å². The van der Waals surface area contributed by atoms with E-state index in [1.54, 1.807) is 39.0 Å². The van der Waals surface area contributed by atoms with Gasteiger partial charge in [-0.05, 0) is 39.0 Å². The molecule has 1 heterocycles. The zero-order valence-electron chi connectivity index (χ0n) is 11.0. The van der Waals surface area contributed by atoms with E-state index in [4.69, 9.17) is 10.00 Å². The molecule has 2 rings (SSSR count). The molecule has 1 aromatic heterocycles. The fourth-order valence-electron chi connectivity index (χ4n) is 1.77. The quantitative estimate of drug-likeness (QED) is 0.788. The summed E-state index contributed by atoms with van der Waals surface area (Å²) in [5, 5.41) is 19.3. The molecule has 0 saturated carbocycles. The second-order valence-corrected chi connectivity index (χ2v) is 5.20. The molecule has 0 bridgehead atoms. The predicted octanol–water partition coefficient (Wildman–Crippen LogP) is 3.00. The number of aromatic hydroxyl groups is 1. The van der Waals surface area contributed by atoms with Crippen LogP contribution in [0.15, 0.2) is 24.3 Å². The van der Waals surface area contributed by atoms with E-state index in [0.717, 1.165) is 4.57 Å². The Kier molecular flexibility index (Phi) is 2.95. The molecule has 0 atom stereocenters. The smallest absolute Gasteiger partial charge is 0.421 e. The van der Waals surface area contributed by atoms with Gasteiger partial charge in [-0.2, -0.15) is 5.26 Å². The van der Waals surface area contributed by atoms with Crippen molar-refractivity contribution in [1.29, 1.82) is 5.26 Å². The molecule has 5 nitrogen and oxygen atoms in total. The van der Waals surface area contributed by atoms with E-state index in [1.807, 2.05) is 6.07 Å². The maximum absolute atomic E-state index is 12.0. The van der Waals surface area contributed by atoms with E-state index in [2.05, 4.69) is 0 Å². The molecule has 0 aliphatic carbocycles. The Hall–Kier alpha value is -2.48. The fraction of sp³-hybridized carbons (Fsp3) is 0.286. The number of benzene rings is 1. The van der Waals surface area contributed by atoms with Crippen molar-refractivity contribution in [2.45, 2.75) is 26.4 Å². The molecule has 0 saturated heterocycles. The third kappa shape index (κ3) is 2.52. The van der Waals surface area contributed by atoms with E-state index in [-0.39, 0.29) is 5.88 Å². The largest absolute Gasteiger partial charge is 0.494 e. The Morgan fingerprint density at radius 2 is 2.05 bits per heavy atom. The molecule has 1 aromatic carbocycles. The van der Waals surface area contributed by atoms with Crippen LogP contribution in [0.25, 0.3) is 10.9 Å². The summed E-state index contributed by atoms with van der Waals surface area (Å²) in [5.41, 5.74) is 0.326. The van der Waals surface area contributed by atoms with Crippen molar-refractivity contribution in [3.8, 4) is 11.9 Å². The number of hydrogen-bond acceptors (Lipinski definition) is 4. The summed E-state index contributed by atoms with van der Waals surface area (Å²) in [6.45, 7) is 5.25. The van der Waals surface area contributed by atoms with E-state index < -0.39 is 11.7 Å². The summed E-state index contributed by atoms with van der Waals surface area (Å²) in [6, 6.07) is 8.24. The second-order valence-electron chi connectivity index (χ2n) is 5.20. The third-order valence-corrected chi connectivity index (χ3v) is 2.49. The van der Waals surface area contributed by atoms with Crippen molar-refractivity contribution >= 4 is 17.0 Å². The monoisotopic (exact) mass is 258 g/mol. The standard InChI is InChI=1S/C14H14N2O3/c1-14(2,3)19-13(18)16-11-5-4-9(8-15)6-10(11)7-12(16)17/h4-7,17H,1-3H3. The Morgan fingerprint density at radius 1 is 1.37 bits per heavy atom. The highest BCUT2D eigenvalue weighted by atomic mass is 16.6. The van der Waals surface area contributed by atoms with E-state index >= 15 is 0 Å². The average Bonchev–Trinajstić information content (AvgIpc) is 2.61. The number of ether oxygens (including phenoxy) is 1. The predicted molar refractivity (Wildman–Crippen MR) is 69.9 cm³/mol. The molecule has 0 amide bonds. The zero-order valence-corrected chi connectivity index (χ0v) is 11.0. The maximum Gasteiger partial charge on any atom is 0.421 e. The summed E-state index contributed by atoms with van der Waals surface area (Å²) in [6.07, 6.45) is -0.648. The molecule has 0 radical (unpaired) electrons. The van der Waals surface area contributed by atoms with Gasteiger partial charge in [0.05, 0.1) is 17.1 Å². The zero-order chi connectivity index (χ0) is 14.2. The first-order valence-electron chi connectivity index (χ1n) is 5.80. The molecular formula is C14H14N2O3. The Morgan fingerprint density at radius 3 is 2.63 bits per heavy atom. The van der Waals surface area contributed by atoms with Gasteiger partial charge in [-0.25, -0.2) is 9.36 Å². The Bertz CT molecular complexity index is 687. The van der Waals surface area contributed by atoms with Gasteiger partial charge in [-0.15, -0.1) is 0 Å². The molecule has 98 valence electrons. The van der Waals surface area contributed by atoms with Crippen LogP contribution in [0.3, 0.4) is 0 Å². The Labute approximate surface area is 110 Å². The van der Waals surface area contributed by atoms with Crippen LogP contribution >= 0.6 is 0 Å². The van der Waals surface area contributed by atoms with Crippen LogP contribution in [0.5, 0.6) is 5.88 Å². The van der Waals surface area contributed by atoms with Crippen LogP contribution in [0, 0.1) is 11.3 Å². The summed E-state index contributed by atoms with van der Waals surface area (Å²) >= 11 is 0. The van der Waals surface area contributed by atoms with Crippen molar-refractivity contribution in [1.82, 2.24) is 4.57 Å². The molecule has 5 heteroatoms. The van der Waals surface area contributed by atoms with Gasteiger partial charge in [-0.1, -0.05) is 0 Å².